The lowest BCUT2D eigenvalue weighted by atomic mass is 10.2. The third kappa shape index (κ3) is 6.80. The van der Waals surface area contributed by atoms with E-state index in [1.54, 1.807) is 6.07 Å². The summed E-state index contributed by atoms with van der Waals surface area (Å²) in [5.41, 5.74) is -0.543. The van der Waals surface area contributed by atoms with Gasteiger partial charge in [-0.15, -0.1) is 0 Å². The molecule has 2 N–H and O–H groups in total. The summed E-state index contributed by atoms with van der Waals surface area (Å²) in [4.78, 5) is 30.1. The van der Waals surface area contributed by atoms with Crippen LogP contribution in [-0.4, -0.2) is 70.9 Å². The summed E-state index contributed by atoms with van der Waals surface area (Å²) in [6.07, 6.45) is 0.815. The van der Waals surface area contributed by atoms with Crippen molar-refractivity contribution in [2.75, 3.05) is 44.2 Å². The summed E-state index contributed by atoms with van der Waals surface area (Å²) < 4.78 is 5.17. The predicted molar refractivity (Wildman–Crippen MR) is 110 cm³/mol. The number of rotatable bonds is 5. The van der Waals surface area contributed by atoms with Gasteiger partial charge >= 0.3 is 6.09 Å². The molecular formula is C17H26N6O4S. The fourth-order valence-corrected chi connectivity index (χ4v) is 2.86. The standard InChI is InChI=1S/C17H26N6O4S/c1-17(2,3)27-16(24)19-7-6-18-15(28)22-10-8-21(9-11-22)14-5-4-13(12-20-14)23(25)26/h4-5,12H,6-11H2,1-3H3,(H,18,28)(H,19,24). The van der Waals surface area contributed by atoms with Crippen molar-refractivity contribution in [1.82, 2.24) is 20.5 Å². The molecule has 2 rings (SSSR count). The molecule has 1 fully saturated rings. The molecule has 0 aromatic carbocycles. The molecule has 0 bridgehead atoms. The number of ether oxygens (including phenoxy) is 1. The maximum Gasteiger partial charge on any atom is 0.407 e. The quantitative estimate of drug-likeness (QED) is 0.323. The molecule has 0 spiro atoms. The number of carbonyl (C=O) groups excluding carboxylic acids is 1. The summed E-state index contributed by atoms with van der Waals surface area (Å²) in [6.45, 7) is 9.19. The number of anilines is 1. The first-order valence-electron chi connectivity index (χ1n) is 9.01. The predicted octanol–water partition coefficient (Wildman–Crippen LogP) is 1.51. The fraction of sp³-hybridized carbons (Fsp3) is 0.588. The Hall–Kier alpha value is -2.69. The number of hydrogen-bond donors (Lipinski definition) is 2. The highest BCUT2D eigenvalue weighted by Crippen LogP contribution is 2.17. The highest BCUT2D eigenvalue weighted by atomic mass is 32.1. The van der Waals surface area contributed by atoms with Crippen molar-refractivity contribution >= 4 is 34.9 Å². The second-order valence-corrected chi connectivity index (χ2v) is 7.65. The number of hydrogen-bond acceptors (Lipinski definition) is 7. The number of piperazine rings is 1. The molecule has 0 saturated carbocycles. The molecule has 1 aliphatic heterocycles. The van der Waals surface area contributed by atoms with Crippen LogP contribution in [0, 0.1) is 10.1 Å². The largest absolute Gasteiger partial charge is 0.444 e. The molecule has 0 aliphatic carbocycles. The molecule has 1 aliphatic rings. The Bertz CT molecular complexity index is 699. The van der Waals surface area contributed by atoms with Crippen LogP contribution in [-0.2, 0) is 4.74 Å². The molecule has 0 atom stereocenters. The molecule has 0 radical (unpaired) electrons. The molecule has 2 heterocycles. The number of pyridine rings is 1. The summed E-state index contributed by atoms with van der Waals surface area (Å²) in [6, 6.07) is 3.12. The van der Waals surface area contributed by atoms with E-state index in [9.17, 15) is 14.9 Å². The van der Waals surface area contributed by atoms with Gasteiger partial charge in [0.25, 0.3) is 5.69 Å². The van der Waals surface area contributed by atoms with Gasteiger partial charge in [0.15, 0.2) is 5.11 Å². The number of nitro groups is 1. The minimum atomic E-state index is -0.523. The Morgan fingerprint density at radius 2 is 1.89 bits per heavy atom. The van der Waals surface area contributed by atoms with Gasteiger partial charge in [-0.1, -0.05) is 0 Å². The Kier molecular flexibility index (Phi) is 7.32. The van der Waals surface area contributed by atoms with Crippen molar-refractivity contribution in [2.45, 2.75) is 26.4 Å². The van der Waals surface area contributed by atoms with Crippen LogP contribution in [0.15, 0.2) is 18.3 Å². The average molecular weight is 411 g/mol. The first-order valence-corrected chi connectivity index (χ1v) is 9.41. The molecular weight excluding hydrogens is 384 g/mol. The number of thiocarbonyl (C=S) groups is 1. The van der Waals surface area contributed by atoms with Crippen molar-refractivity contribution in [3.05, 3.63) is 28.4 Å². The monoisotopic (exact) mass is 410 g/mol. The molecule has 10 nitrogen and oxygen atoms in total. The second-order valence-electron chi connectivity index (χ2n) is 7.27. The lowest BCUT2D eigenvalue weighted by Crippen LogP contribution is -2.52. The van der Waals surface area contributed by atoms with Gasteiger partial charge < -0.3 is 25.2 Å². The molecule has 1 saturated heterocycles. The van der Waals surface area contributed by atoms with Crippen molar-refractivity contribution in [3.63, 3.8) is 0 Å². The smallest absolute Gasteiger partial charge is 0.407 e. The highest BCUT2D eigenvalue weighted by Gasteiger charge is 2.20. The third-order valence-corrected chi connectivity index (χ3v) is 4.31. The van der Waals surface area contributed by atoms with Crippen molar-refractivity contribution in [3.8, 4) is 0 Å². The van der Waals surface area contributed by atoms with Crippen molar-refractivity contribution in [2.24, 2.45) is 0 Å². The van der Waals surface area contributed by atoms with Crippen LogP contribution in [0.25, 0.3) is 0 Å². The van der Waals surface area contributed by atoms with E-state index in [4.69, 9.17) is 17.0 Å². The van der Waals surface area contributed by atoms with Crippen LogP contribution in [0.3, 0.4) is 0 Å². The average Bonchev–Trinajstić information content (AvgIpc) is 2.64. The molecule has 1 amide bonds. The van der Waals surface area contributed by atoms with Gasteiger partial charge in [0.2, 0.25) is 0 Å². The van der Waals surface area contributed by atoms with E-state index in [1.165, 1.54) is 12.3 Å². The van der Waals surface area contributed by atoms with Crippen molar-refractivity contribution in [1.29, 1.82) is 0 Å². The van der Waals surface area contributed by atoms with Gasteiger partial charge in [0.1, 0.15) is 17.6 Å². The molecule has 28 heavy (non-hydrogen) atoms. The molecule has 1 aromatic heterocycles. The zero-order chi connectivity index (χ0) is 20.7. The summed E-state index contributed by atoms with van der Waals surface area (Å²) in [7, 11) is 0. The molecule has 11 heteroatoms. The van der Waals surface area contributed by atoms with E-state index in [1.807, 2.05) is 25.7 Å². The van der Waals surface area contributed by atoms with Crippen molar-refractivity contribution < 1.29 is 14.5 Å². The third-order valence-electron chi connectivity index (χ3n) is 3.90. The van der Waals surface area contributed by atoms with Gasteiger partial charge in [-0.25, -0.2) is 9.78 Å². The fourth-order valence-electron chi connectivity index (χ4n) is 2.57. The highest BCUT2D eigenvalue weighted by molar-refractivity contribution is 7.80. The number of carbonyl (C=O) groups is 1. The molecule has 154 valence electrons. The van der Waals surface area contributed by atoms with Crippen LogP contribution in [0.1, 0.15) is 20.8 Å². The lowest BCUT2D eigenvalue weighted by Gasteiger charge is -2.36. The minimum absolute atomic E-state index is 0.0206. The topological polar surface area (TPSA) is 113 Å². The lowest BCUT2D eigenvalue weighted by molar-refractivity contribution is -0.385. The van der Waals surface area contributed by atoms with Crippen LogP contribution >= 0.6 is 12.2 Å². The second kappa shape index (κ2) is 9.49. The first-order chi connectivity index (χ1) is 13.2. The van der Waals surface area contributed by atoms with Gasteiger partial charge in [0.05, 0.1) is 4.92 Å². The zero-order valence-corrected chi connectivity index (χ0v) is 17.1. The Balaban J connectivity index is 1.69. The Morgan fingerprint density at radius 1 is 1.25 bits per heavy atom. The number of amides is 1. The van der Waals surface area contributed by atoms with Crippen LogP contribution in [0.2, 0.25) is 0 Å². The van der Waals surface area contributed by atoms with E-state index in [-0.39, 0.29) is 5.69 Å². The number of nitrogens with zero attached hydrogens (tertiary/aromatic N) is 4. The minimum Gasteiger partial charge on any atom is -0.444 e. The van der Waals surface area contributed by atoms with Gasteiger partial charge in [0, 0.05) is 45.3 Å². The van der Waals surface area contributed by atoms with E-state index < -0.39 is 16.6 Å². The van der Waals surface area contributed by atoms with Gasteiger partial charge in [-0.2, -0.15) is 0 Å². The van der Waals surface area contributed by atoms with E-state index in [0.29, 0.717) is 50.2 Å². The van der Waals surface area contributed by atoms with Crippen LogP contribution in [0.5, 0.6) is 0 Å². The normalized spacial score (nSPS) is 14.4. The maximum absolute atomic E-state index is 11.6. The number of aromatic nitrogens is 1. The first kappa shape index (κ1) is 21.6. The van der Waals surface area contributed by atoms with E-state index >= 15 is 0 Å². The Labute approximate surface area is 169 Å². The van der Waals surface area contributed by atoms with Gasteiger partial charge in [-0.3, -0.25) is 10.1 Å². The van der Waals surface area contributed by atoms with E-state index in [2.05, 4.69) is 20.5 Å². The molecule has 1 aromatic rings. The number of nitrogens with one attached hydrogen (secondary N) is 2. The summed E-state index contributed by atoms with van der Waals surface area (Å²) >= 11 is 5.40. The van der Waals surface area contributed by atoms with Crippen LogP contribution < -0.4 is 15.5 Å². The summed E-state index contributed by atoms with van der Waals surface area (Å²) in [5, 5.41) is 17.1. The zero-order valence-electron chi connectivity index (χ0n) is 16.3. The van der Waals surface area contributed by atoms with Gasteiger partial charge in [-0.05, 0) is 39.1 Å². The maximum atomic E-state index is 11.6. The number of alkyl carbamates (subject to hydrolysis) is 1. The van der Waals surface area contributed by atoms with E-state index in [0.717, 1.165) is 0 Å². The Morgan fingerprint density at radius 3 is 2.43 bits per heavy atom. The SMILES string of the molecule is CC(C)(C)OC(=O)NCCNC(=S)N1CCN(c2ccc([N+](=O)[O-])cn2)CC1. The summed E-state index contributed by atoms with van der Waals surface area (Å²) in [5.74, 6) is 0.714. The molecule has 0 unspecified atom stereocenters. The van der Waals surface area contributed by atoms with Crippen LogP contribution in [0.4, 0.5) is 16.3 Å².